The van der Waals surface area contributed by atoms with Gasteiger partial charge in [-0.05, 0) is 36.4 Å². The van der Waals surface area contributed by atoms with Gasteiger partial charge in [0, 0.05) is 18.5 Å². The quantitative estimate of drug-likeness (QED) is 0.493. The van der Waals surface area contributed by atoms with Crippen LogP contribution in [-0.4, -0.2) is 16.7 Å². The Morgan fingerprint density at radius 1 is 0.778 bits per heavy atom. The van der Waals surface area contributed by atoms with Gasteiger partial charge in [0.25, 0.3) is 0 Å². The topological polar surface area (TPSA) is 60.2 Å². The molecule has 0 amide bonds. The number of aromatic nitrogens is 2. The summed E-state index contributed by atoms with van der Waals surface area (Å²) >= 11 is 0. The molecule has 4 aromatic rings. The molecule has 0 aliphatic heterocycles. The lowest BCUT2D eigenvalue weighted by molar-refractivity contribution is 0.483. The molecule has 3 aromatic carbocycles. The second kappa shape index (κ2) is 8.19. The molecule has 1 N–H and O–H groups in total. The zero-order valence-corrected chi connectivity index (χ0v) is 14.7. The van der Waals surface area contributed by atoms with E-state index < -0.39 is 0 Å². The molecule has 134 valence electrons. The van der Waals surface area contributed by atoms with Gasteiger partial charge in [-0.25, -0.2) is 0 Å². The van der Waals surface area contributed by atoms with Crippen molar-refractivity contribution in [3.63, 3.8) is 0 Å². The van der Waals surface area contributed by atoms with Gasteiger partial charge in [0.15, 0.2) is 5.75 Å². The fourth-order valence-electron chi connectivity index (χ4n) is 2.67. The van der Waals surface area contributed by atoms with Crippen LogP contribution >= 0.6 is 0 Å². The lowest BCUT2D eigenvalue weighted by Crippen LogP contribution is -2.06. The molecular formula is C22H19N3O2. The molecule has 0 aliphatic carbocycles. The van der Waals surface area contributed by atoms with Gasteiger partial charge >= 0.3 is 0 Å². The van der Waals surface area contributed by atoms with Crippen molar-refractivity contribution < 1.29 is 9.15 Å². The minimum absolute atomic E-state index is 0.540. The van der Waals surface area contributed by atoms with Crippen LogP contribution in [-0.2, 0) is 6.42 Å². The van der Waals surface area contributed by atoms with Crippen LogP contribution in [0.3, 0.4) is 0 Å². The van der Waals surface area contributed by atoms with E-state index in [1.165, 1.54) is 0 Å². The first-order valence-electron chi connectivity index (χ1n) is 8.82. The summed E-state index contributed by atoms with van der Waals surface area (Å²) in [7, 11) is 0. The minimum Gasteiger partial charge on any atom is -0.455 e. The van der Waals surface area contributed by atoms with Crippen LogP contribution in [0.15, 0.2) is 89.3 Å². The Morgan fingerprint density at radius 3 is 2.30 bits per heavy atom. The molecule has 0 fully saturated rings. The van der Waals surface area contributed by atoms with Crippen molar-refractivity contribution in [2.45, 2.75) is 6.42 Å². The summed E-state index contributed by atoms with van der Waals surface area (Å²) in [6, 6.07) is 27.3. The molecule has 0 saturated heterocycles. The Labute approximate surface area is 157 Å². The predicted octanol–water partition coefficient (Wildman–Crippen LogP) is 5.18. The van der Waals surface area contributed by atoms with E-state index in [0.717, 1.165) is 22.7 Å². The number of benzene rings is 3. The number of nitrogens with one attached hydrogen (secondary N) is 1. The molecule has 0 spiro atoms. The van der Waals surface area contributed by atoms with Crippen LogP contribution < -0.4 is 10.1 Å². The Bertz CT molecular complexity index is 985. The van der Waals surface area contributed by atoms with Crippen LogP contribution in [0.4, 0.5) is 5.69 Å². The smallest absolute Gasteiger partial charge is 0.247 e. The van der Waals surface area contributed by atoms with Crippen molar-refractivity contribution in [3.05, 3.63) is 90.8 Å². The summed E-state index contributed by atoms with van der Waals surface area (Å²) in [5.41, 5.74) is 1.84. The third-order valence-electron chi connectivity index (χ3n) is 4.00. The van der Waals surface area contributed by atoms with Crippen molar-refractivity contribution in [2.24, 2.45) is 0 Å². The lowest BCUT2D eigenvalue weighted by Gasteiger charge is -2.12. The van der Waals surface area contributed by atoms with E-state index in [1.807, 2.05) is 84.9 Å². The average molecular weight is 357 g/mol. The Morgan fingerprint density at radius 2 is 1.48 bits per heavy atom. The van der Waals surface area contributed by atoms with Gasteiger partial charge in [-0.2, -0.15) is 0 Å². The van der Waals surface area contributed by atoms with E-state index in [2.05, 4.69) is 15.5 Å². The minimum atomic E-state index is 0.540. The fraction of sp³-hybridized carbons (Fsp3) is 0.0909. The first kappa shape index (κ1) is 16.8. The van der Waals surface area contributed by atoms with Crippen LogP contribution in [0.1, 0.15) is 5.89 Å². The number of hydrogen-bond donors (Lipinski definition) is 1. The largest absolute Gasteiger partial charge is 0.455 e. The van der Waals surface area contributed by atoms with Gasteiger partial charge in [0.1, 0.15) is 5.75 Å². The second-order valence-corrected chi connectivity index (χ2v) is 5.96. The lowest BCUT2D eigenvalue weighted by atomic mass is 10.2. The maximum Gasteiger partial charge on any atom is 0.247 e. The van der Waals surface area contributed by atoms with Crippen LogP contribution in [0.25, 0.3) is 11.5 Å². The van der Waals surface area contributed by atoms with E-state index in [-0.39, 0.29) is 0 Å². The van der Waals surface area contributed by atoms with E-state index in [1.54, 1.807) is 0 Å². The third-order valence-corrected chi connectivity index (χ3v) is 4.00. The summed E-state index contributed by atoms with van der Waals surface area (Å²) in [6.45, 7) is 0.658. The molecule has 0 saturated carbocycles. The molecule has 0 aliphatic rings. The average Bonchev–Trinajstić information content (AvgIpc) is 3.20. The summed E-state index contributed by atoms with van der Waals surface area (Å²) < 4.78 is 11.7. The Kier molecular flexibility index (Phi) is 5.11. The fourth-order valence-corrected chi connectivity index (χ4v) is 2.67. The van der Waals surface area contributed by atoms with E-state index in [9.17, 15) is 0 Å². The number of para-hydroxylation sites is 3. The zero-order chi connectivity index (χ0) is 18.3. The first-order chi connectivity index (χ1) is 13.4. The van der Waals surface area contributed by atoms with Gasteiger partial charge < -0.3 is 14.5 Å². The Balaban J connectivity index is 1.38. The summed E-state index contributed by atoms with van der Waals surface area (Å²) in [4.78, 5) is 0. The standard InChI is InChI=1S/C22H19N3O2/c1-3-9-17(10-4-1)22-25-24-21(27-22)15-16-23-19-13-7-8-14-20(19)26-18-11-5-2-6-12-18/h1-14,23H,15-16H2. The molecule has 1 aromatic heterocycles. The van der Waals surface area contributed by atoms with Crippen molar-refractivity contribution in [1.82, 2.24) is 10.2 Å². The number of rotatable bonds is 7. The zero-order valence-electron chi connectivity index (χ0n) is 14.7. The van der Waals surface area contributed by atoms with Crippen molar-refractivity contribution >= 4 is 5.69 Å². The second-order valence-electron chi connectivity index (χ2n) is 5.96. The molecule has 0 bridgehead atoms. The molecule has 4 rings (SSSR count). The van der Waals surface area contributed by atoms with Gasteiger partial charge in [-0.3, -0.25) is 0 Å². The highest BCUT2D eigenvalue weighted by Crippen LogP contribution is 2.29. The predicted molar refractivity (Wildman–Crippen MR) is 105 cm³/mol. The van der Waals surface area contributed by atoms with Crippen molar-refractivity contribution in [1.29, 1.82) is 0 Å². The number of hydrogen-bond acceptors (Lipinski definition) is 5. The van der Waals surface area contributed by atoms with Crippen LogP contribution in [0.2, 0.25) is 0 Å². The first-order valence-corrected chi connectivity index (χ1v) is 8.82. The Hall–Kier alpha value is -3.60. The molecule has 5 nitrogen and oxygen atoms in total. The van der Waals surface area contributed by atoms with Crippen molar-refractivity contribution in [3.8, 4) is 23.0 Å². The van der Waals surface area contributed by atoms with Crippen LogP contribution in [0, 0.1) is 0 Å². The number of nitrogens with zero attached hydrogens (tertiary/aromatic N) is 2. The molecule has 0 atom stereocenters. The summed E-state index contributed by atoms with van der Waals surface area (Å²) in [5.74, 6) is 2.72. The monoisotopic (exact) mass is 357 g/mol. The molecule has 0 radical (unpaired) electrons. The molecular weight excluding hydrogens is 338 g/mol. The highest BCUT2D eigenvalue weighted by atomic mass is 16.5. The normalized spacial score (nSPS) is 10.5. The van der Waals surface area contributed by atoms with Crippen LogP contribution in [0.5, 0.6) is 11.5 Å². The molecule has 1 heterocycles. The summed E-state index contributed by atoms with van der Waals surface area (Å²) in [6.07, 6.45) is 0.625. The van der Waals surface area contributed by atoms with E-state index in [4.69, 9.17) is 9.15 Å². The molecule has 5 heteroatoms. The molecule has 0 unspecified atom stereocenters. The van der Waals surface area contributed by atoms with E-state index >= 15 is 0 Å². The molecule has 27 heavy (non-hydrogen) atoms. The van der Waals surface area contributed by atoms with Gasteiger partial charge in [-0.15, -0.1) is 10.2 Å². The van der Waals surface area contributed by atoms with Gasteiger partial charge in [-0.1, -0.05) is 48.5 Å². The van der Waals surface area contributed by atoms with E-state index in [0.29, 0.717) is 24.7 Å². The third kappa shape index (κ3) is 4.33. The highest BCUT2D eigenvalue weighted by Gasteiger charge is 2.09. The number of anilines is 1. The maximum absolute atomic E-state index is 5.96. The van der Waals surface area contributed by atoms with Crippen molar-refractivity contribution in [2.75, 3.05) is 11.9 Å². The highest BCUT2D eigenvalue weighted by molar-refractivity contribution is 5.57. The van der Waals surface area contributed by atoms with Gasteiger partial charge in [0.05, 0.1) is 5.69 Å². The number of ether oxygens (including phenoxy) is 1. The summed E-state index contributed by atoms with van der Waals surface area (Å²) in [5, 5.41) is 11.6. The maximum atomic E-state index is 5.96. The SMILES string of the molecule is c1ccc(Oc2ccccc2NCCc2nnc(-c3ccccc3)o2)cc1. The van der Waals surface area contributed by atoms with Gasteiger partial charge in [0.2, 0.25) is 11.8 Å².